The van der Waals surface area contributed by atoms with Crippen LogP contribution in [0.5, 0.6) is 0 Å². The largest absolute Gasteiger partial charge is 0.394 e. The molecule has 19 heavy (non-hydrogen) atoms. The summed E-state index contributed by atoms with van der Waals surface area (Å²) in [4.78, 5) is 14.4. The first-order valence-electron chi connectivity index (χ1n) is 6.23. The molecule has 0 bridgehead atoms. The molecule has 1 aromatic rings. The molecule has 2 heterocycles. The molecule has 0 spiro atoms. The van der Waals surface area contributed by atoms with E-state index in [0.29, 0.717) is 5.95 Å². The zero-order valence-electron chi connectivity index (χ0n) is 10.8. The van der Waals surface area contributed by atoms with Crippen LogP contribution in [0.1, 0.15) is 19.8 Å². The average Bonchev–Trinajstić information content (AvgIpc) is 2.92. The minimum atomic E-state index is -0.896. The predicted octanol–water partition coefficient (Wildman–Crippen LogP) is 0.280. The molecule has 1 aliphatic heterocycles. The highest BCUT2D eigenvalue weighted by atomic mass is 35.5. The van der Waals surface area contributed by atoms with Crippen molar-refractivity contribution < 1.29 is 10.2 Å². The van der Waals surface area contributed by atoms with E-state index in [2.05, 4.69) is 20.3 Å². The smallest absolute Gasteiger partial charge is 0.231 e. The van der Waals surface area contributed by atoms with Crippen molar-refractivity contribution in [2.45, 2.75) is 25.3 Å². The Morgan fingerprint density at radius 1 is 1.21 bits per heavy atom. The van der Waals surface area contributed by atoms with E-state index in [1.165, 1.54) is 0 Å². The molecule has 0 saturated carbocycles. The van der Waals surface area contributed by atoms with E-state index < -0.39 is 5.54 Å². The molecule has 106 valence electrons. The molecule has 0 amide bonds. The third-order valence-corrected chi connectivity index (χ3v) is 3.27. The van der Waals surface area contributed by atoms with Crippen LogP contribution in [0.4, 0.5) is 11.9 Å². The van der Waals surface area contributed by atoms with Crippen molar-refractivity contribution in [2.75, 3.05) is 36.5 Å². The minimum absolute atomic E-state index is 0.0950. The Labute approximate surface area is 116 Å². The molecule has 1 fully saturated rings. The number of nitrogens with one attached hydrogen (secondary N) is 1. The topological polar surface area (TPSA) is 94.4 Å². The number of rotatable bonds is 5. The van der Waals surface area contributed by atoms with E-state index in [-0.39, 0.29) is 24.4 Å². The van der Waals surface area contributed by atoms with Crippen LogP contribution >= 0.6 is 11.6 Å². The van der Waals surface area contributed by atoms with Gasteiger partial charge in [0.1, 0.15) is 0 Å². The summed E-state index contributed by atoms with van der Waals surface area (Å²) in [5.74, 6) is 0.783. The minimum Gasteiger partial charge on any atom is -0.394 e. The standard InChI is InChI=1S/C11H18ClN5O2/c1-11(6-18,7-19)16-9-13-8(12)14-10(15-9)17-4-2-3-5-17/h18-19H,2-7H2,1H3,(H,13,14,15,16). The molecule has 0 atom stereocenters. The first kappa shape index (κ1) is 14.2. The second-order valence-corrected chi connectivity index (χ2v) is 5.26. The molecule has 1 saturated heterocycles. The molecular formula is C11H18ClN5O2. The van der Waals surface area contributed by atoms with Gasteiger partial charge in [0.15, 0.2) is 0 Å². The zero-order valence-corrected chi connectivity index (χ0v) is 11.6. The third kappa shape index (κ3) is 3.43. The van der Waals surface area contributed by atoms with E-state index in [1.807, 2.05) is 4.90 Å². The summed E-state index contributed by atoms with van der Waals surface area (Å²) in [5.41, 5.74) is -0.896. The van der Waals surface area contributed by atoms with Crippen molar-refractivity contribution in [2.24, 2.45) is 0 Å². The Morgan fingerprint density at radius 2 is 1.84 bits per heavy atom. The van der Waals surface area contributed by atoms with Gasteiger partial charge in [-0.05, 0) is 31.4 Å². The second kappa shape index (κ2) is 5.85. The Hall–Kier alpha value is -1.18. The first-order chi connectivity index (χ1) is 9.06. The molecule has 0 unspecified atom stereocenters. The lowest BCUT2D eigenvalue weighted by Crippen LogP contribution is -2.43. The van der Waals surface area contributed by atoms with Crippen molar-refractivity contribution in [3.63, 3.8) is 0 Å². The lowest BCUT2D eigenvalue weighted by Gasteiger charge is -2.26. The Kier molecular flexibility index (Phi) is 4.38. The van der Waals surface area contributed by atoms with E-state index in [4.69, 9.17) is 11.6 Å². The lowest BCUT2D eigenvalue weighted by molar-refractivity contribution is 0.147. The van der Waals surface area contributed by atoms with Crippen LogP contribution in [0.2, 0.25) is 5.28 Å². The van der Waals surface area contributed by atoms with Gasteiger partial charge in [-0.25, -0.2) is 0 Å². The maximum absolute atomic E-state index is 9.26. The van der Waals surface area contributed by atoms with Crippen LogP contribution in [0.15, 0.2) is 0 Å². The van der Waals surface area contributed by atoms with Crippen LogP contribution in [0, 0.1) is 0 Å². The Balaban J connectivity index is 2.21. The van der Waals surface area contributed by atoms with Crippen LogP contribution in [-0.2, 0) is 0 Å². The van der Waals surface area contributed by atoms with Gasteiger partial charge in [-0.2, -0.15) is 15.0 Å². The van der Waals surface area contributed by atoms with Crippen molar-refractivity contribution in [1.82, 2.24) is 15.0 Å². The van der Waals surface area contributed by atoms with Gasteiger partial charge in [0, 0.05) is 13.1 Å². The number of nitrogens with zero attached hydrogens (tertiary/aromatic N) is 4. The maximum atomic E-state index is 9.26. The fourth-order valence-electron chi connectivity index (χ4n) is 1.85. The summed E-state index contributed by atoms with van der Waals surface area (Å²) in [6.45, 7) is 2.98. The molecule has 0 aliphatic carbocycles. The number of halogens is 1. The van der Waals surface area contributed by atoms with Crippen LogP contribution in [0.3, 0.4) is 0 Å². The second-order valence-electron chi connectivity index (χ2n) is 4.92. The quantitative estimate of drug-likeness (QED) is 0.716. The maximum Gasteiger partial charge on any atom is 0.231 e. The summed E-state index contributed by atoms with van der Waals surface area (Å²) in [6.07, 6.45) is 2.22. The number of hydrogen-bond acceptors (Lipinski definition) is 7. The molecule has 0 radical (unpaired) electrons. The number of aliphatic hydroxyl groups is 2. The van der Waals surface area contributed by atoms with Gasteiger partial charge in [0.25, 0.3) is 0 Å². The first-order valence-corrected chi connectivity index (χ1v) is 6.60. The summed E-state index contributed by atoms with van der Waals surface area (Å²) in [6, 6.07) is 0. The third-order valence-electron chi connectivity index (χ3n) is 3.10. The van der Waals surface area contributed by atoms with Crippen molar-refractivity contribution >= 4 is 23.5 Å². The molecule has 7 nitrogen and oxygen atoms in total. The summed E-state index contributed by atoms with van der Waals surface area (Å²) in [7, 11) is 0. The highest BCUT2D eigenvalue weighted by Crippen LogP contribution is 2.20. The molecule has 2 rings (SSSR count). The fraction of sp³-hybridized carbons (Fsp3) is 0.727. The van der Waals surface area contributed by atoms with Gasteiger partial charge < -0.3 is 20.4 Å². The van der Waals surface area contributed by atoms with E-state index in [0.717, 1.165) is 25.9 Å². The van der Waals surface area contributed by atoms with Crippen molar-refractivity contribution in [3.8, 4) is 0 Å². The average molecular weight is 288 g/mol. The van der Waals surface area contributed by atoms with Crippen molar-refractivity contribution in [1.29, 1.82) is 0 Å². The van der Waals surface area contributed by atoms with Crippen LogP contribution in [-0.4, -0.2) is 57.0 Å². The number of aromatic nitrogens is 3. The van der Waals surface area contributed by atoms with Crippen molar-refractivity contribution in [3.05, 3.63) is 5.28 Å². The normalized spacial score (nSPS) is 15.9. The summed E-state index contributed by atoms with van der Waals surface area (Å²) >= 11 is 5.89. The number of aliphatic hydroxyl groups excluding tert-OH is 2. The molecule has 8 heteroatoms. The summed E-state index contributed by atoms with van der Waals surface area (Å²) < 4.78 is 0. The monoisotopic (exact) mass is 287 g/mol. The highest BCUT2D eigenvalue weighted by molar-refractivity contribution is 6.28. The molecular weight excluding hydrogens is 270 g/mol. The molecule has 1 aliphatic rings. The van der Waals surface area contributed by atoms with Gasteiger partial charge in [-0.15, -0.1) is 0 Å². The molecule has 1 aromatic heterocycles. The van der Waals surface area contributed by atoms with Crippen LogP contribution in [0.25, 0.3) is 0 Å². The number of hydrogen-bond donors (Lipinski definition) is 3. The Bertz CT molecular complexity index is 435. The van der Waals surface area contributed by atoms with E-state index in [1.54, 1.807) is 6.92 Å². The van der Waals surface area contributed by atoms with Gasteiger partial charge >= 0.3 is 0 Å². The molecule has 0 aromatic carbocycles. The molecule has 3 N–H and O–H groups in total. The van der Waals surface area contributed by atoms with Gasteiger partial charge in [0.05, 0.1) is 18.8 Å². The summed E-state index contributed by atoms with van der Waals surface area (Å²) in [5, 5.41) is 21.5. The highest BCUT2D eigenvalue weighted by Gasteiger charge is 2.24. The zero-order chi connectivity index (χ0) is 13.9. The van der Waals surface area contributed by atoms with Gasteiger partial charge in [-0.1, -0.05) is 0 Å². The SMILES string of the molecule is CC(CO)(CO)Nc1nc(Cl)nc(N2CCCC2)n1. The number of anilines is 2. The van der Waals surface area contributed by atoms with Crippen LogP contribution < -0.4 is 10.2 Å². The lowest BCUT2D eigenvalue weighted by atomic mass is 10.1. The van der Waals surface area contributed by atoms with Gasteiger partial charge in [0.2, 0.25) is 17.2 Å². The van der Waals surface area contributed by atoms with E-state index in [9.17, 15) is 10.2 Å². The predicted molar refractivity (Wildman–Crippen MR) is 72.5 cm³/mol. The fourth-order valence-corrected chi connectivity index (χ4v) is 2.01. The Morgan fingerprint density at radius 3 is 2.42 bits per heavy atom. The van der Waals surface area contributed by atoms with Gasteiger partial charge in [-0.3, -0.25) is 0 Å². The van der Waals surface area contributed by atoms with E-state index >= 15 is 0 Å².